The highest BCUT2D eigenvalue weighted by molar-refractivity contribution is 7.90. The third kappa shape index (κ3) is 3.26. The normalized spacial score (nSPS) is 19.6. The summed E-state index contributed by atoms with van der Waals surface area (Å²) in [7, 11) is -3.52. The van der Waals surface area contributed by atoms with Crippen molar-refractivity contribution in [2.45, 2.75) is 26.3 Å². The number of hydrogen-bond donors (Lipinski definition) is 2. The average molecular weight is 283 g/mol. The number of benzene rings is 1. The van der Waals surface area contributed by atoms with Crippen LogP contribution < -0.4 is 14.8 Å². The Hall–Kier alpha value is -1.11. The summed E-state index contributed by atoms with van der Waals surface area (Å²) in [5, 5.41) is 0. The third-order valence-electron chi connectivity index (χ3n) is 3.11. The molecular formula is C13H21N3O2S. The van der Waals surface area contributed by atoms with E-state index in [9.17, 15) is 8.42 Å². The fourth-order valence-electron chi connectivity index (χ4n) is 2.16. The van der Waals surface area contributed by atoms with Crippen molar-refractivity contribution in [1.82, 2.24) is 4.72 Å². The van der Waals surface area contributed by atoms with E-state index in [-0.39, 0.29) is 12.0 Å². The van der Waals surface area contributed by atoms with Crippen LogP contribution in [0.25, 0.3) is 0 Å². The number of anilines is 1. The lowest BCUT2D eigenvalue weighted by molar-refractivity contribution is 0.546. The molecule has 0 saturated heterocycles. The molecule has 0 fully saturated rings. The minimum Gasteiger partial charge on any atom is -0.326 e. The first-order valence-electron chi connectivity index (χ1n) is 6.51. The zero-order valence-corrected chi connectivity index (χ0v) is 12.2. The van der Waals surface area contributed by atoms with Gasteiger partial charge in [-0.2, -0.15) is 13.1 Å². The van der Waals surface area contributed by atoms with Gasteiger partial charge in [-0.15, -0.1) is 0 Å². The van der Waals surface area contributed by atoms with Crippen molar-refractivity contribution < 1.29 is 8.42 Å². The van der Waals surface area contributed by atoms with Crippen LogP contribution in [0.15, 0.2) is 24.3 Å². The second-order valence-electron chi connectivity index (χ2n) is 5.37. The molecule has 1 aromatic carbocycles. The maximum absolute atomic E-state index is 12.4. The van der Waals surface area contributed by atoms with Gasteiger partial charge in [0, 0.05) is 12.6 Å². The van der Waals surface area contributed by atoms with Gasteiger partial charge in [-0.3, -0.25) is 4.31 Å². The summed E-state index contributed by atoms with van der Waals surface area (Å²) in [5.74, 6) is 0.267. The van der Waals surface area contributed by atoms with Crippen molar-refractivity contribution >= 4 is 15.9 Å². The summed E-state index contributed by atoms with van der Waals surface area (Å²) < 4.78 is 28.7. The van der Waals surface area contributed by atoms with Crippen molar-refractivity contribution in [2.75, 3.05) is 17.4 Å². The molecule has 1 heterocycles. The van der Waals surface area contributed by atoms with E-state index < -0.39 is 10.2 Å². The van der Waals surface area contributed by atoms with Gasteiger partial charge in [-0.25, -0.2) is 0 Å². The van der Waals surface area contributed by atoms with Gasteiger partial charge in [0.15, 0.2) is 0 Å². The molecule has 19 heavy (non-hydrogen) atoms. The van der Waals surface area contributed by atoms with Crippen molar-refractivity contribution in [2.24, 2.45) is 11.7 Å². The Kier molecular flexibility index (Phi) is 4.13. The topological polar surface area (TPSA) is 75.4 Å². The molecule has 0 aliphatic carbocycles. The van der Waals surface area contributed by atoms with Crippen LogP contribution in [0.3, 0.4) is 0 Å². The summed E-state index contributed by atoms with van der Waals surface area (Å²) >= 11 is 0. The fourth-order valence-corrected chi connectivity index (χ4v) is 3.69. The Morgan fingerprint density at radius 3 is 2.79 bits per heavy atom. The van der Waals surface area contributed by atoms with Crippen molar-refractivity contribution in [3.05, 3.63) is 29.8 Å². The highest BCUT2D eigenvalue weighted by atomic mass is 32.2. The standard InChI is InChI=1S/C13H21N3O2S/c1-10(2)8-15-19(17,18)16-9-12(14)7-11-5-3-4-6-13(11)16/h3-6,10,12,15H,7-9,14H2,1-2H3. The smallest absolute Gasteiger partial charge is 0.301 e. The number of nitrogens with two attached hydrogens (primary N) is 1. The van der Waals surface area contributed by atoms with E-state index in [4.69, 9.17) is 5.73 Å². The summed E-state index contributed by atoms with van der Waals surface area (Å²) in [6, 6.07) is 7.35. The zero-order chi connectivity index (χ0) is 14.0. The molecule has 0 amide bonds. The Bertz CT molecular complexity index is 543. The monoisotopic (exact) mass is 283 g/mol. The Morgan fingerprint density at radius 2 is 2.11 bits per heavy atom. The fraction of sp³-hybridized carbons (Fsp3) is 0.538. The van der Waals surface area contributed by atoms with Gasteiger partial charge < -0.3 is 5.73 Å². The second-order valence-corrected chi connectivity index (χ2v) is 7.05. The minimum absolute atomic E-state index is 0.162. The molecule has 2 rings (SSSR count). The molecule has 0 saturated carbocycles. The first-order chi connectivity index (χ1) is 8.90. The highest BCUT2D eigenvalue weighted by Gasteiger charge is 2.30. The van der Waals surface area contributed by atoms with Crippen LogP contribution in [0.4, 0.5) is 5.69 Å². The number of hydrogen-bond acceptors (Lipinski definition) is 3. The maximum Gasteiger partial charge on any atom is 0.301 e. The van der Waals surface area contributed by atoms with Crippen LogP contribution in [-0.2, 0) is 16.6 Å². The van der Waals surface area contributed by atoms with E-state index in [2.05, 4.69) is 4.72 Å². The lowest BCUT2D eigenvalue weighted by Crippen LogP contribution is -2.50. The zero-order valence-electron chi connectivity index (χ0n) is 11.3. The van der Waals surface area contributed by atoms with Crippen molar-refractivity contribution in [1.29, 1.82) is 0 Å². The summed E-state index contributed by atoms with van der Waals surface area (Å²) in [6.45, 7) is 4.69. The molecule has 1 aromatic rings. The number of para-hydroxylation sites is 1. The van der Waals surface area contributed by atoms with Gasteiger partial charge in [-0.1, -0.05) is 32.0 Å². The Morgan fingerprint density at radius 1 is 1.42 bits per heavy atom. The van der Waals surface area contributed by atoms with E-state index in [0.717, 1.165) is 11.3 Å². The predicted octanol–water partition coefficient (Wildman–Crippen LogP) is 0.867. The Labute approximate surface area is 115 Å². The molecular weight excluding hydrogens is 262 g/mol. The van der Waals surface area contributed by atoms with Crippen LogP contribution in [0.5, 0.6) is 0 Å². The molecule has 0 radical (unpaired) electrons. The molecule has 1 atom stereocenters. The number of nitrogens with one attached hydrogen (secondary N) is 1. The van der Waals surface area contributed by atoms with Gasteiger partial charge in [0.1, 0.15) is 0 Å². The number of fused-ring (bicyclic) bond motifs is 1. The van der Waals surface area contributed by atoms with Crippen LogP contribution >= 0.6 is 0 Å². The van der Waals surface area contributed by atoms with Crippen molar-refractivity contribution in [3.8, 4) is 0 Å². The summed E-state index contributed by atoms with van der Waals surface area (Å²) in [5.41, 5.74) is 7.68. The minimum atomic E-state index is -3.52. The van der Waals surface area contributed by atoms with E-state index >= 15 is 0 Å². The van der Waals surface area contributed by atoms with Gasteiger partial charge in [0.05, 0.1) is 12.2 Å². The summed E-state index contributed by atoms with van der Waals surface area (Å²) in [6.07, 6.45) is 0.715. The molecule has 0 bridgehead atoms. The predicted molar refractivity (Wildman–Crippen MR) is 77.2 cm³/mol. The average Bonchev–Trinajstić information content (AvgIpc) is 2.35. The lowest BCUT2D eigenvalue weighted by atomic mass is 10.0. The van der Waals surface area contributed by atoms with E-state index in [1.54, 1.807) is 0 Å². The largest absolute Gasteiger partial charge is 0.326 e. The molecule has 0 aromatic heterocycles. The number of nitrogens with zero attached hydrogens (tertiary/aromatic N) is 1. The first kappa shape index (κ1) is 14.3. The van der Waals surface area contributed by atoms with Gasteiger partial charge >= 0.3 is 10.2 Å². The molecule has 0 spiro atoms. The molecule has 1 aliphatic heterocycles. The van der Waals surface area contributed by atoms with Gasteiger partial charge in [-0.05, 0) is 24.0 Å². The quantitative estimate of drug-likeness (QED) is 0.861. The number of rotatable bonds is 4. The van der Waals surface area contributed by atoms with E-state index in [1.165, 1.54) is 4.31 Å². The molecule has 6 heteroatoms. The second kappa shape index (κ2) is 5.48. The maximum atomic E-state index is 12.4. The molecule has 3 N–H and O–H groups in total. The van der Waals surface area contributed by atoms with Gasteiger partial charge in [0.2, 0.25) is 0 Å². The molecule has 106 valence electrons. The SMILES string of the molecule is CC(C)CNS(=O)(=O)N1CC(N)Cc2ccccc21. The molecule has 1 aliphatic rings. The van der Waals surface area contributed by atoms with Crippen LogP contribution in [0.2, 0.25) is 0 Å². The molecule has 5 nitrogen and oxygen atoms in total. The third-order valence-corrected chi connectivity index (χ3v) is 4.56. The van der Waals surface area contributed by atoms with Crippen LogP contribution in [0, 0.1) is 5.92 Å². The van der Waals surface area contributed by atoms with Gasteiger partial charge in [0.25, 0.3) is 0 Å². The van der Waals surface area contributed by atoms with Crippen LogP contribution in [-0.4, -0.2) is 27.5 Å². The van der Waals surface area contributed by atoms with E-state index in [0.29, 0.717) is 19.5 Å². The highest BCUT2D eigenvalue weighted by Crippen LogP contribution is 2.28. The Balaban J connectivity index is 2.29. The first-order valence-corrected chi connectivity index (χ1v) is 7.95. The van der Waals surface area contributed by atoms with Crippen LogP contribution in [0.1, 0.15) is 19.4 Å². The summed E-state index contributed by atoms with van der Waals surface area (Å²) in [4.78, 5) is 0. The van der Waals surface area contributed by atoms with Crippen molar-refractivity contribution in [3.63, 3.8) is 0 Å². The van der Waals surface area contributed by atoms with E-state index in [1.807, 2.05) is 38.1 Å². The lowest BCUT2D eigenvalue weighted by Gasteiger charge is -2.33. The molecule has 1 unspecified atom stereocenters.